The van der Waals surface area contributed by atoms with E-state index in [0.717, 1.165) is 6.42 Å². The summed E-state index contributed by atoms with van der Waals surface area (Å²) >= 11 is 0. The van der Waals surface area contributed by atoms with Crippen LogP contribution in [0.1, 0.15) is 25.7 Å². The Balaban J connectivity index is 2.08. The maximum atomic E-state index is 10.9. The normalized spacial score (nSPS) is 36.7. The molecule has 1 aliphatic heterocycles. The van der Waals surface area contributed by atoms with E-state index in [2.05, 4.69) is 0 Å². The lowest BCUT2D eigenvalue weighted by Crippen LogP contribution is -2.25. The van der Waals surface area contributed by atoms with E-state index in [0.29, 0.717) is 19.3 Å². The third-order valence-corrected chi connectivity index (χ3v) is 2.44. The van der Waals surface area contributed by atoms with Crippen LogP contribution in [0.25, 0.3) is 0 Å². The highest BCUT2D eigenvalue weighted by Gasteiger charge is 2.38. The molecule has 0 N–H and O–H groups in total. The molecule has 0 radical (unpaired) electrons. The van der Waals surface area contributed by atoms with E-state index in [1.165, 1.54) is 0 Å². The Hall–Kier alpha value is -0.860. The second-order valence-corrected chi connectivity index (χ2v) is 3.27. The van der Waals surface area contributed by atoms with Crippen LogP contribution in [-0.2, 0) is 14.3 Å². The summed E-state index contributed by atoms with van der Waals surface area (Å²) in [5.74, 6) is 0.350. The van der Waals surface area contributed by atoms with Crippen molar-refractivity contribution in [2.24, 2.45) is 5.92 Å². The van der Waals surface area contributed by atoms with Crippen molar-refractivity contribution in [3.63, 3.8) is 0 Å². The summed E-state index contributed by atoms with van der Waals surface area (Å²) in [5, 5.41) is 0. The maximum absolute atomic E-state index is 10.9. The predicted octanol–water partition coefficient (Wildman–Crippen LogP) is 0.671. The van der Waals surface area contributed by atoms with Crippen LogP contribution in [0.15, 0.2) is 0 Å². The van der Waals surface area contributed by atoms with Crippen LogP contribution in [-0.4, -0.2) is 17.9 Å². The van der Waals surface area contributed by atoms with Crippen molar-refractivity contribution in [3.8, 4) is 0 Å². The summed E-state index contributed by atoms with van der Waals surface area (Å²) in [6, 6.07) is 0. The van der Waals surface area contributed by atoms with Crippen LogP contribution in [0.2, 0.25) is 0 Å². The average Bonchev–Trinajstić information content (AvgIpc) is 2.27. The molecular formula is C8H10O3. The molecule has 0 aromatic carbocycles. The van der Waals surface area contributed by atoms with Gasteiger partial charge in [-0.25, -0.2) is 0 Å². The first-order chi connectivity index (χ1) is 5.25. The number of hydrogen-bond donors (Lipinski definition) is 0. The molecule has 0 spiro atoms. The fourth-order valence-electron chi connectivity index (χ4n) is 1.85. The quantitative estimate of drug-likeness (QED) is 0.482. The van der Waals surface area contributed by atoms with Crippen molar-refractivity contribution in [1.29, 1.82) is 0 Å². The van der Waals surface area contributed by atoms with E-state index in [4.69, 9.17) is 4.74 Å². The number of Topliss-reactive ketones (excluding diaryl/α,β-unsaturated/α-hetero) is 1. The number of esters is 1. The van der Waals surface area contributed by atoms with Gasteiger partial charge in [0.15, 0.2) is 0 Å². The van der Waals surface area contributed by atoms with Crippen LogP contribution in [0, 0.1) is 5.92 Å². The van der Waals surface area contributed by atoms with Gasteiger partial charge in [-0.15, -0.1) is 0 Å². The van der Waals surface area contributed by atoms with Gasteiger partial charge < -0.3 is 4.74 Å². The smallest absolute Gasteiger partial charge is 0.306 e. The van der Waals surface area contributed by atoms with Crippen molar-refractivity contribution in [2.75, 3.05) is 0 Å². The molecule has 0 aromatic heterocycles. The van der Waals surface area contributed by atoms with E-state index in [-0.39, 0.29) is 23.8 Å². The van der Waals surface area contributed by atoms with Gasteiger partial charge in [0.2, 0.25) is 0 Å². The molecule has 0 bridgehead atoms. The Labute approximate surface area is 64.7 Å². The first-order valence-electron chi connectivity index (χ1n) is 3.97. The standard InChI is InChI=1S/C8H10O3/c9-6-1-2-7-5(3-6)4-8(10)11-7/h5,7H,1-4H2/t5-,7+/m1/s1. The van der Waals surface area contributed by atoms with Gasteiger partial charge in [-0.2, -0.15) is 0 Å². The van der Waals surface area contributed by atoms with Crippen LogP contribution in [0.5, 0.6) is 0 Å². The number of ketones is 1. The van der Waals surface area contributed by atoms with Gasteiger partial charge in [0.1, 0.15) is 11.9 Å². The fraction of sp³-hybridized carbons (Fsp3) is 0.750. The van der Waals surface area contributed by atoms with E-state index in [9.17, 15) is 9.59 Å². The van der Waals surface area contributed by atoms with Gasteiger partial charge in [-0.05, 0) is 6.42 Å². The fourth-order valence-corrected chi connectivity index (χ4v) is 1.85. The molecule has 60 valence electrons. The molecule has 2 aliphatic rings. The van der Waals surface area contributed by atoms with E-state index >= 15 is 0 Å². The van der Waals surface area contributed by atoms with Crippen molar-refractivity contribution in [3.05, 3.63) is 0 Å². The molecule has 0 aromatic rings. The molecular weight excluding hydrogens is 144 g/mol. The zero-order valence-corrected chi connectivity index (χ0v) is 6.21. The summed E-state index contributed by atoms with van der Waals surface area (Å²) in [7, 11) is 0. The summed E-state index contributed by atoms with van der Waals surface area (Å²) in [4.78, 5) is 21.7. The highest BCUT2D eigenvalue weighted by molar-refractivity contribution is 5.82. The number of carbonyl (C=O) groups is 2. The lowest BCUT2D eigenvalue weighted by molar-refractivity contribution is -0.143. The minimum absolute atomic E-state index is 0.0557. The number of hydrogen-bond acceptors (Lipinski definition) is 3. The van der Waals surface area contributed by atoms with Gasteiger partial charge in [0.25, 0.3) is 0 Å². The van der Waals surface area contributed by atoms with Crippen LogP contribution >= 0.6 is 0 Å². The zero-order valence-electron chi connectivity index (χ0n) is 6.21. The first kappa shape index (κ1) is 6.83. The molecule has 11 heavy (non-hydrogen) atoms. The minimum atomic E-state index is -0.130. The zero-order chi connectivity index (χ0) is 7.84. The highest BCUT2D eigenvalue weighted by atomic mass is 16.5. The lowest BCUT2D eigenvalue weighted by atomic mass is 9.85. The lowest BCUT2D eigenvalue weighted by Gasteiger charge is -2.21. The van der Waals surface area contributed by atoms with Crippen molar-refractivity contribution < 1.29 is 14.3 Å². The van der Waals surface area contributed by atoms with Crippen molar-refractivity contribution in [2.45, 2.75) is 31.8 Å². The monoisotopic (exact) mass is 154 g/mol. The molecule has 3 heteroatoms. The molecule has 2 atom stereocenters. The van der Waals surface area contributed by atoms with Crippen LogP contribution < -0.4 is 0 Å². The van der Waals surface area contributed by atoms with Crippen LogP contribution in [0.3, 0.4) is 0 Å². The maximum Gasteiger partial charge on any atom is 0.306 e. The first-order valence-corrected chi connectivity index (χ1v) is 3.97. The van der Waals surface area contributed by atoms with Gasteiger partial charge in [-0.3, -0.25) is 9.59 Å². The summed E-state index contributed by atoms with van der Waals surface area (Å²) in [6.07, 6.45) is 2.40. The molecule has 1 aliphatic carbocycles. The molecule has 3 nitrogen and oxygen atoms in total. The van der Waals surface area contributed by atoms with E-state index in [1.807, 2.05) is 0 Å². The largest absolute Gasteiger partial charge is 0.462 e. The number of rotatable bonds is 0. The Bertz CT molecular complexity index is 207. The Kier molecular flexibility index (Phi) is 1.44. The van der Waals surface area contributed by atoms with E-state index in [1.54, 1.807) is 0 Å². The molecule has 1 heterocycles. The van der Waals surface area contributed by atoms with Crippen LogP contribution in [0.4, 0.5) is 0 Å². The summed E-state index contributed by atoms with van der Waals surface area (Å²) in [6.45, 7) is 0. The Morgan fingerprint density at radius 3 is 2.91 bits per heavy atom. The third-order valence-electron chi connectivity index (χ3n) is 2.44. The van der Waals surface area contributed by atoms with E-state index < -0.39 is 0 Å². The summed E-state index contributed by atoms with van der Waals surface area (Å²) in [5.41, 5.74) is 0. The van der Waals surface area contributed by atoms with Gasteiger partial charge in [-0.1, -0.05) is 0 Å². The van der Waals surface area contributed by atoms with Crippen molar-refractivity contribution >= 4 is 11.8 Å². The van der Waals surface area contributed by atoms with Gasteiger partial charge >= 0.3 is 5.97 Å². The third kappa shape index (κ3) is 1.15. The molecule has 2 rings (SSSR count). The molecule has 1 saturated heterocycles. The minimum Gasteiger partial charge on any atom is -0.462 e. The number of ether oxygens (including phenoxy) is 1. The second kappa shape index (κ2) is 2.32. The highest BCUT2D eigenvalue weighted by Crippen LogP contribution is 2.32. The average molecular weight is 154 g/mol. The second-order valence-electron chi connectivity index (χ2n) is 3.27. The molecule has 1 saturated carbocycles. The summed E-state index contributed by atoms with van der Waals surface area (Å²) < 4.78 is 5.02. The van der Waals surface area contributed by atoms with Gasteiger partial charge in [0.05, 0.1) is 6.42 Å². The topological polar surface area (TPSA) is 43.4 Å². The number of carbonyl (C=O) groups excluding carboxylic acids is 2. The molecule has 0 amide bonds. The number of fused-ring (bicyclic) bond motifs is 1. The van der Waals surface area contributed by atoms with Crippen molar-refractivity contribution in [1.82, 2.24) is 0 Å². The Morgan fingerprint density at radius 2 is 2.09 bits per heavy atom. The Morgan fingerprint density at radius 1 is 1.27 bits per heavy atom. The molecule has 0 unspecified atom stereocenters. The SMILES string of the molecule is O=C1CC[C@@H]2OC(=O)C[C@H]2C1. The van der Waals surface area contributed by atoms with Gasteiger partial charge in [0, 0.05) is 18.8 Å². The molecule has 2 fully saturated rings. The predicted molar refractivity (Wildman–Crippen MR) is 36.8 cm³/mol.